The van der Waals surface area contributed by atoms with Crippen LogP contribution in [0.25, 0.3) is 0 Å². The van der Waals surface area contributed by atoms with Crippen molar-refractivity contribution in [2.24, 2.45) is 5.92 Å². The fourth-order valence-electron chi connectivity index (χ4n) is 4.51. The van der Waals surface area contributed by atoms with Gasteiger partial charge in [0, 0.05) is 49.8 Å². The van der Waals surface area contributed by atoms with Crippen LogP contribution in [0.3, 0.4) is 0 Å². The highest BCUT2D eigenvalue weighted by Crippen LogP contribution is 2.37. The second-order valence-electron chi connectivity index (χ2n) is 9.43. The molecule has 2 aliphatic rings. The van der Waals surface area contributed by atoms with Gasteiger partial charge in [-0.1, -0.05) is 6.42 Å². The van der Waals surface area contributed by atoms with Gasteiger partial charge in [-0.2, -0.15) is 18.2 Å². The second-order valence-corrected chi connectivity index (χ2v) is 9.43. The van der Waals surface area contributed by atoms with Gasteiger partial charge in [-0.3, -0.25) is 9.69 Å². The van der Waals surface area contributed by atoms with Crippen LogP contribution in [0.1, 0.15) is 38.7 Å². The van der Waals surface area contributed by atoms with Crippen LogP contribution in [0.4, 0.5) is 41.1 Å². The van der Waals surface area contributed by atoms with Crippen LogP contribution in [0.5, 0.6) is 0 Å². The van der Waals surface area contributed by atoms with Gasteiger partial charge in [0.2, 0.25) is 11.9 Å². The van der Waals surface area contributed by atoms with Crippen molar-refractivity contribution in [1.29, 1.82) is 0 Å². The van der Waals surface area contributed by atoms with E-state index in [2.05, 4.69) is 25.9 Å². The van der Waals surface area contributed by atoms with Crippen LogP contribution in [0, 0.1) is 5.92 Å². The quantitative estimate of drug-likeness (QED) is 0.521. The molecule has 12 heteroatoms. The van der Waals surface area contributed by atoms with E-state index in [1.165, 1.54) is 0 Å². The van der Waals surface area contributed by atoms with Crippen molar-refractivity contribution in [2.45, 2.75) is 51.4 Å². The van der Waals surface area contributed by atoms with Crippen LogP contribution in [-0.2, 0) is 11.0 Å². The van der Waals surface area contributed by atoms with E-state index in [-0.39, 0.29) is 29.7 Å². The third kappa shape index (κ3) is 5.63. The molecule has 1 aliphatic heterocycles. The van der Waals surface area contributed by atoms with Crippen molar-refractivity contribution in [1.82, 2.24) is 20.2 Å². The lowest BCUT2D eigenvalue weighted by molar-refractivity contribution is -0.137. The Kier molecular flexibility index (Phi) is 7.23. The molecule has 1 aromatic carbocycles. The number of aromatic nitrogens is 2. The molecule has 1 saturated heterocycles. The predicted molar refractivity (Wildman–Crippen MR) is 130 cm³/mol. The summed E-state index contributed by atoms with van der Waals surface area (Å²) in [4.78, 5) is 36.0. The Bertz CT molecular complexity index is 1110. The molecule has 4 rings (SSSR count). The number of likely N-dealkylation sites (N-methyl/N-ethyl adjacent to an activating group) is 1. The van der Waals surface area contributed by atoms with Crippen LogP contribution in [0.15, 0.2) is 30.5 Å². The molecule has 1 aliphatic carbocycles. The lowest BCUT2D eigenvalue weighted by Crippen LogP contribution is -2.41. The smallest absolute Gasteiger partial charge is 0.366 e. The molecule has 2 aromatic rings. The monoisotopic (exact) mass is 505 g/mol. The topological polar surface area (TPSA) is 102 Å². The molecule has 3 amide bonds. The average Bonchev–Trinajstić information content (AvgIpc) is 3.40. The Balaban J connectivity index is 1.52. The van der Waals surface area contributed by atoms with Crippen molar-refractivity contribution in [3.8, 4) is 0 Å². The number of carbonyl (C=O) groups is 2. The average molecular weight is 506 g/mol. The summed E-state index contributed by atoms with van der Waals surface area (Å²) < 4.78 is 41.1. The van der Waals surface area contributed by atoms with Gasteiger partial charge in [0.15, 0.2) is 0 Å². The Morgan fingerprint density at radius 1 is 1.14 bits per heavy atom. The number of anilines is 4. The van der Waals surface area contributed by atoms with Gasteiger partial charge in [0.25, 0.3) is 0 Å². The van der Waals surface area contributed by atoms with Crippen molar-refractivity contribution in [3.63, 3.8) is 0 Å². The first kappa shape index (κ1) is 25.5. The van der Waals surface area contributed by atoms with E-state index in [4.69, 9.17) is 0 Å². The van der Waals surface area contributed by atoms with Crippen molar-refractivity contribution < 1.29 is 22.8 Å². The number of nitrogens with one attached hydrogen (secondary N) is 3. The van der Waals surface area contributed by atoms with Gasteiger partial charge in [0.05, 0.1) is 5.92 Å². The first-order valence-corrected chi connectivity index (χ1v) is 11.9. The number of hydrogen-bond donors (Lipinski definition) is 3. The SMILES string of the molecule is CC(C)NC(=O)[C@H]1CCC[C@H]1Nc1nc(Nc2ccc(N3CCN(C)C3=O)cc2)ncc1C(F)(F)F. The molecule has 3 N–H and O–H groups in total. The molecule has 2 atom stereocenters. The number of halogens is 3. The van der Waals surface area contributed by atoms with E-state index in [9.17, 15) is 22.8 Å². The van der Waals surface area contributed by atoms with Crippen LogP contribution in [0.2, 0.25) is 0 Å². The maximum Gasteiger partial charge on any atom is 0.421 e. The molecule has 2 heterocycles. The molecule has 1 aromatic heterocycles. The molecule has 2 fully saturated rings. The zero-order chi connectivity index (χ0) is 26.0. The first-order valence-electron chi connectivity index (χ1n) is 11.9. The van der Waals surface area contributed by atoms with E-state index in [0.29, 0.717) is 31.6 Å². The van der Waals surface area contributed by atoms with Crippen LogP contribution < -0.4 is 20.9 Å². The van der Waals surface area contributed by atoms with Crippen molar-refractivity contribution >= 4 is 35.1 Å². The molecular formula is C24H30F3N7O2. The maximum atomic E-state index is 13.7. The molecular weight excluding hydrogens is 475 g/mol. The molecule has 36 heavy (non-hydrogen) atoms. The minimum Gasteiger partial charge on any atom is -0.366 e. The molecule has 0 radical (unpaired) electrons. The molecule has 9 nitrogen and oxygen atoms in total. The predicted octanol–water partition coefficient (Wildman–Crippen LogP) is 4.22. The van der Waals surface area contributed by atoms with E-state index >= 15 is 0 Å². The number of rotatable bonds is 7. The van der Waals surface area contributed by atoms with Crippen molar-refractivity contribution in [2.75, 3.05) is 35.7 Å². The van der Waals surface area contributed by atoms with Gasteiger partial charge in [-0.15, -0.1) is 0 Å². The second kappa shape index (κ2) is 10.2. The van der Waals surface area contributed by atoms with Crippen LogP contribution >= 0.6 is 0 Å². The Morgan fingerprint density at radius 2 is 1.86 bits per heavy atom. The van der Waals surface area contributed by atoms with E-state index < -0.39 is 23.7 Å². The highest BCUT2D eigenvalue weighted by molar-refractivity contribution is 5.94. The minimum atomic E-state index is -4.66. The first-order chi connectivity index (χ1) is 17.0. The zero-order valence-electron chi connectivity index (χ0n) is 20.4. The maximum absolute atomic E-state index is 13.7. The number of alkyl halides is 3. The lowest BCUT2D eigenvalue weighted by atomic mass is 10.0. The summed E-state index contributed by atoms with van der Waals surface area (Å²) in [6, 6.07) is 6.29. The summed E-state index contributed by atoms with van der Waals surface area (Å²) in [6.45, 7) is 4.90. The standard InChI is InChI=1S/C24H30F3N7O2/c1-14(2)29-21(35)17-5-4-6-19(17)31-20-18(24(25,26)27)13-28-22(32-20)30-15-7-9-16(10-8-15)34-12-11-33(3)23(34)36/h7-10,13-14,17,19H,4-6,11-12H2,1-3H3,(H,29,35)(H2,28,30,31,32)/t17-,19+/m0/s1. The summed E-state index contributed by atoms with van der Waals surface area (Å²) >= 11 is 0. The number of urea groups is 1. The number of carbonyl (C=O) groups excluding carboxylic acids is 2. The van der Waals surface area contributed by atoms with Gasteiger partial charge in [-0.05, 0) is 51.0 Å². The molecule has 0 spiro atoms. The van der Waals surface area contributed by atoms with Gasteiger partial charge < -0.3 is 20.9 Å². The Morgan fingerprint density at radius 3 is 2.47 bits per heavy atom. The highest BCUT2D eigenvalue weighted by atomic mass is 19.4. The summed E-state index contributed by atoms with van der Waals surface area (Å²) in [5.74, 6) is -1.00. The highest BCUT2D eigenvalue weighted by Gasteiger charge is 2.39. The Hall–Kier alpha value is -3.57. The van der Waals surface area contributed by atoms with Crippen LogP contribution in [-0.4, -0.2) is 59.0 Å². The summed E-state index contributed by atoms with van der Waals surface area (Å²) in [6.07, 6.45) is -2.04. The zero-order valence-corrected chi connectivity index (χ0v) is 20.4. The summed E-state index contributed by atoms with van der Waals surface area (Å²) in [5, 5.41) is 8.65. The third-order valence-corrected chi connectivity index (χ3v) is 6.35. The van der Waals surface area contributed by atoms with Gasteiger partial charge in [-0.25, -0.2) is 9.78 Å². The molecule has 194 valence electrons. The normalized spacial score (nSPS) is 20.2. The fourth-order valence-corrected chi connectivity index (χ4v) is 4.51. The number of nitrogens with zero attached hydrogens (tertiary/aromatic N) is 4. The number of benzene rings is 1. The number of hydrogen-bond acceptors (Lipinski definition) is 6. The van der Waals surface area contributed by atoms with E-state index in [1.54, 1.807) is 41.1 Å². The van der Waals surface area contributed by atoms with E-state index in [1.807, 2.05) is 13.8 Å². The van der Waals surface area contributed by atoms with Gasteiger partial charge in [0.1, 0.15) is 11.4 Å². The van der Waals surface area contributed by atoms with Gasteiger partial charge >= 0.3 is 12.2 Å². The summed E-state index contributed by atoms with van der Waals surface area (Å²) in [5.41, 5.74) is 0.284. The molecule has 1 saturated carbocycles. The van der Waals surface area contributed by atoms with Crippen molar-refractivity contribution in [3.05, 3.63) is 36.0 Å². The summed E-state index contributed by atoms with van der Waals surface area (Å²) in [7, 11) is 1.73. The molecule has 0 unspecified atom stereocenters. The van der Waals surface area contributed by atoms with E-state index in [0.717, 1.165) is 18.3 Å². The largest absolute Gasteiger partial charge is 0.421 e. The minimum absolute atomic E-state index is 0.0172. The third-order valence-electron chi connectivity index (χ3n) is 6.35. The fraction of sp³-hybridized carbons (Fsp3) is 0.500. The lowest BCUT2D eigenvalue weighted by Gasteiger charge is -2.24. The Labute approximate surface area is 207 Å². The number of amides is 3. The molecule has 0 bridgehead atoms.